The Morgan fingerprint density at radius 1 is 1.36 bits per heavy atom. The van der Waals surface area contributed by atoms with E-state index in [1.807, 2.05) is 12.3 Å². The second-order valence-corrected chi connectivity index (χ2v) is 5.82. The SMILES string of the molecule is CBc1cnc(N2CCN(CCO)CC2)c(C(=O)N(C)C)c1. The van der Waals surface area contributed by atoms with Crippen LogP contribution in [0.3, 0.4) is 0 Å². The molecular formula is C15H25BN4O2. The van der Waals surface area contributed by atoms with Crippen LogP contribution in [0.25, 0.3) is 0 Å². The first-order chi connectivity index (χ1) is 10.6. The Morgan fingerprint density at radius 2 is 2.05 bits per heavy atom. The molecule has 1 N–H and O–H groups in total. The van der Waals surface area contributed by atoms with Crippen LogP contribution in [0.15, 0.2) is 12.3 Å². The van der Waals surface area contributed by atoms with Crippen molar-refractivity contribution in [3.05, 3.63) is 17.8 Å². The van der Waals surface area contributed by atoms with Crippen LogP contribution in [0.4, 0.5) is 5.82 Å². The molecule has 1 aromatic heterocycles. The zero-order chi connectivity index (χ0) is 16.1. The van der Waals surface area contributed by atoms with Gasteiger partial charge in [0.15, 0.2) is 7.28 Å². The first-order valence-corrected chi connectivity index (χ1v) is 7.85. The molecule has 0 aliphatic carbocycles. The molecule has 0 spiro atoms. The number of rotatable bonds is 5. The number of anilines is 1. The van der Waals surface area contributed by atoms with Crippen LogP contribution in [-0.2, 0) is 0 Å². The lowest BCUT2D eigenvalue weighted by Gasteiger charge is -2.36. The number of amides is 1. The summed E-state index contributed by atoms with van der Waals surface area (Å²) < 4.78 is 0. The summed E-state index contributed by atoms with van der Waals surface area (Å²) in [6, 6.07) is 1.96. The molecule has 0 saturated carbocycles. The van der Waals surface area contributed by atoms with Crippen LogP contribution in [0, 0.1) is 0 Å². The number of aliphatic hydroxyl groups excluding tert-OH is 1. The van der Waals surface area contributed by atoms with Gasteiger partial charge in [-0.2, -0.15) is 0 Å². The molecule has 6 nitrogen and oxygen atoms in total. The molecule has 1 amide bonds. The highest BCUT2D eigenvalue weighted by atomic mass is 16.3. The summed E-state index contributed by atoms with van der Waals surface area (Å²) in [6.07, 6.45) is 1.86. The van der Waals surface area contributed by atoms with Gasteiger partial charge in [0.25, 0.3) is 5.91 Å². The number of piperazine rings is 1. The third-order valence-corrected chi connectivity index (χ3v) is 4.06. The maximum Gasteiger partial charge on any atom is 0.257 e. The first-order valence-electron chi connectivity index (χ1n) is 7.85. The minimum Gasteiger partial charge on any atom is -0.395 e. The average Bonchev–Trinajstić information content (AvgIpc) is 2.54. The normalized spacial score (nSPS) is 15.7. The monoisotopic (exact) mass is 304 g/mol. The van der Waals surface area contributed by atoms with Crippen molar-refractivity contribution in [1.82, 2.24) is 14.8 Å². The largest absolute Gasteiger partial charge is 0.395 e. The van der Waals surface area contributed by atoms with Crippen LogP contribution >= 0.6 is 0 Å². The fourth-order valence-corrected chi connectivity index (χ4v) is 2.67. The number of carbonyl (C=O) groups is 1. The summed E-state index contributed by atoms with van der Waals surface area (Å²) in [5, 5.41) is 9.02. The topological polar surface area (TPSA) is 59.9 Å². The fraction of sp³-hybridized carbons (Fsp3) is 0.600. The lowest BCUT2D eigenvalue weighted by atomic mass is 9.74. The van der Waals surface area contributed by atoms with Crippen molar-refractivity contribution in [3.8, 4) is 0 Å². The smallest absolute Gasteiger partial charge is 0.257 e. The van der Waals surface area contributed by atoms with E-state index in [-0.39, 0.29) is 12.5 Å². The summed E-state index contributed by atoms with van der Waals surface area (Å²) in [4.78, 5) is 23.0. The molecule has 2 heterocycles. The van der Waals surface area contributed by atoms with E-state index in [2.05, 4.69) is 21.6 Å². The highest BCUT2D eigenvalue weighted by molar-refractivity contribution is 6.52. The van der Waals surface area contributed by atoms with E-state index in [9.17, 15) is 4.79 Å². The lowest BCUT2D eigenvalue weighted by Crippen LogP contribution is -2.48. The second-order valence-electron chi connectivity index (χ2n) is 5.82. The summed E-state index contributed by atoms with van der Waals surface area (Å²) in [5.41, 5.74) is 1.76. The van der Waals surface area contributed by atoms with Crippen LogP contribution in [0.2, 0.25) is 6.82 Å². The molecule has 0 atom stereocenters. The quantitative estimate of drug-likeness (QED) is 0.708. The molecule has 0 unspecified atom stereocenters. The van der Waals surface area contributed by atoms with E-state index in [1.165, 1.54) is 0 Å². The van der Waals surface area contributed by atoms with E-state index < -0.39 is 0 Å². The Balaban J connectivity index is 2.21. The van der Waals surface area contributed by atoms with Crippen LogP contribution in [0.5, 0.6) is 0 Å². The molecule has 0 radical (unpaired) electrons. The van der Waals surface area contributed by atoms with E-state index in [0.29, 0.717) is 12.1 Å². The van der Waals surface area contributed by atoms with Crippen molar-refractivity contribution >= 4 is 24.5 Å². The zero-order valence-electron chi connectivity index (χ0n) is 13.7. The predicted molar refractivity (Wildman–Crippen MR) is 90.6 cm³/mol. The number of nitrogens with zero attached hydrogens (tertiary/aromatic N) is 4. The number of carbonyl (C=O) groups excluding carboxylic acids is 1. The van der Waals surface area contributed by atoms with Crippen molar-refractivity contribution in [2.75, 3.05) is 58.3 Å². The molecule has 2 rings (SSSR count). The molecule has 0 bridgehead atoms. The molecule has 120 valence electrons. The summed E-state index contributed by atoms with van der Waals surface area (Å²) in [6.45, 7) is 6.38. The number of pyridine rings is 1. The third-order valence-electron chi connectivity index (χ3n) is 4.06. The molecule has 1 fully saturated rings. The van der Waals surface area contributed by atoms with Gasteiger partial charge < -0.3 is 14.9 Å². The Kier molecular flexibility index (Phi) is 5.79. The highest BCUT2D eigenvalue weighted by Crippen LogP contribution is 2.19. The minimum absolute atomic E-state index is 0.00409. The maximum absolute atomic E-state index is 12.5. The van der Waals surface area contributed by atoms with Gasteiger partial charge in [-0.25, -0.2) is 4.98 Å². The van der Waals surface area contributed by atoms with Gasteiger partial charge in [0.2, 0.25) is 0 Å². The van der Waals surface area contributed by atoms with Gasteiger partial charge in [0, 0.05) is 53.0 Å². The second kappa shape index (κ2) is 7.60. The summed E-state index contributed by atoms with van der Waals surface area (Å²) in [5.74, 6) is 0.773. The van der Waals surface area contributed by atoms with Gasteiger partial charge >= 0.3 is 0 Å². The van der Waals surface area contributed by atoms with Crippen molar-refractivity contribution in [2.45, 2.75) is 6.82 Å². The molecular weight excluding hydrogens is 279 g/mol. The number of hydrogen-bond acceptors (Lipinski definition) is 5. The number of aliphatic hydroxyl groups is 1. The molecule has 0 aromatic carbocycles. The summed E-state index contributed by atoms with van der Waals surface area (Å²) in [7, 11) is 4.40. The number of aromatic nitrogens is 1. The lowest BCUT2D eigenvalue weighted by molar-refractivity contribution is 0.0827. The molecule has 7 heteroatoms. The van der Waals surface area contributed by atoms with Gasteiger partial charge in [0.1, 0.15) is 5.82 Å². The molecule has 1 saturated heterocycles. The van der Waals surface area contributed by atoms with Crippen LogP contribution < -0.4 is 10.4 Å². The van der Waals surface area contributed by atoms with Crippen molar-refractivity contribution in [1.29, 1.82) is 0 Å². The van der Waals surface area contributed by atoms with Gasteiger partial charge in [-0.15, -0.1) is 0 Å². The fourth-order valence-electron chi connectivity index (χ4n) is 2.67. The first kappa shape index (κ1) is 16.8. The maximum atomic E-state index is 12.5. The van der Waals surface area contributed by atoms with E-state index in [4.69, 9.17) is 5.11 Å². The molecule has 1 aliphatic rings. The Hall–Kier alpha value is -1.60. The van der Waals surface area contributed by atoms with Crippen molar-refractivity contribution < 1.29 is 9.90 Å². The van der Waals surface area contributed by atoms with Crippen molar-refractivity contribution in [3.63, 3.8) is 0 Å². The Labute approximate surface area is 133 Å². The van der Waals surface area contributed by atoms with Crippen LogP contribution in [0.1, 0.15) is 10.4 Å². The predicted octanol–water partition coefficient (Wildman–Crippen LogP) is -0.992. The van der Waals surface area contributed by atoms with Gasteiger partial charge in [-0.3, -0.25) is 9.69 Å². The van der Waals surface area contributed by atoms with Crippen LogP contribution in [-0.4, -0.2) is 86.5 Å². The molecule has 22 heavy (non-hydrogen) atoms. The Morgan fingerprint density at radius 3 is 2.59 bits per heavy atom. The average molecular weight is 304 g/mol. The third kappa shape index (κ3) is 3.78. The molecule has 1 aliphatic heterocycles. The number of hydrogen-bond donors (Lipinski definition) is 1. The van der Waals surface area contributed by atoms with Gasteiger partial charge in [0.05, 0.1) is 12.2 Å². The Bertz CT molecular complexity index is 516. The van der Waals surface area contributed by atoms with Gasteiger partial charge in [-0.05, 0) is 0 Å². The minimum atomic E-state index is -0.00409. The van der Waals surface area contributed by atoms with E-state index in [1.54, 1.807) is 19.0 Å². The van der Waals surface area contributed by atoms with E-state index >= 15 is 0 Å². The zero-order valence-corrected chi connectivity index (χ0v) is 13.7. The van der Waals surface area contributed by atoms with Gasteiger partial charge in [-0.1, -0.05) is 18.4 Å². The summed E-state index contributed by atoms with van der Waals surface area (Å²) >= 11 is 0. The van der Waals surface area contributed by atoms with E-state index in [0.717, 1.165) is 44.7 Å². The highest BCUT2D eigenvalue weighted by Gasteiger charge is 2.23. The number of β-amino-alcohol motifs (C(OH)–C–C–N with tert-alkyl or cyclic N) is 1. The standard InChI is InChI=1S/C15H25BN4O2/c1-16-12-10-13(15(22)18(2)3)14(17-11-12)20-6-4-19(5-7-20)8-9-21/h10-11,16,21H,4-9H2,1-3H3. The van der Waals surface area contributed by atoms with Crippen molar-refractivity contribution in [2.24, 2.45) is 0 Å². The molecule has 1 aromatic rings.